The minimum absolute atomic E-state index is 0.163. The first-order valence-electron chi connectivity index (χ1n) is 4.36. The van der Waals surface area contributed by atoms with Gasteiger partial charge in [-0.2, -0.15) is 4.98 Å². The van der Waals surface area contributed by atoms with Crippen LogP contribution in [-0.2, 0) is 4.74 Å². The van der Waals surface area contributed by atoms with Crippen molar-refractivity contribution in [1.82, 2.24) is 15.2 Å². The molecule has 1 aromatic rings. The molecule has 82 valence electrons. The molecule has 0 unspecified atom stereocenters. The van der Waals surface area contributed by atoms with Gasteiger partial charge in [0, 0.05) is 0 Å². The van der Waals surface area contributed by atoms with Crippen molar-refractivity contribution in [2.24, 2.45) is 0 Å². The van der Waals surface area contributed by atoms with Crippen molar-refractivity contribution in [3.8, 4) is 0 Å². The van der Waals surface area contributed by atoms with Gasteiger partial charge in [-0.3, -0.25) is 5.32 Å². The van der Waals surface area contributed by atoms with Crippen LogP contribution in [0, 0.1) is 0 Å². The molecule has 0 spiro atoms. The predicted octanol–water partition coefficient (Wildman–Crippen LogP) is 1.65. The molecule has 6 nitrogen and oxygen atoms in total. The molecular formula is C8H12N4O2S. The van der Waals surface area contributed by atoms with Gasteiger partial charge in [0.25, 0.3) is 0 Å². The Bertz CT molecular complexity index is 339. The second-order valence-electron chi connectivity index (χ2n) is 2.41. The summed E-state index contributed by atoms with van der Waals surface area (Å²) in [7, 11) is 0. The third-order valence-corrected chi connectivity index (χ3v) is 2.02. The number of H-pyrrole nitrogens is 1. The standard InChI is InChI=1S/C8H12N4O2S/c1-3-5-14-8(13)10-6-9-7(12-11-6)15-4-2/h3H,1,4-5H2,2H3,(H2,9,10,11,12,13). The molecule has 0 aliphatic carbocycles. The summed E-state index contributed by atoms with van der Waals surface area (Å²) in [4.78, 5) is 15.1. The number of amides is 1. The van der Waals surface area contributed by atoms with E-state index in [0.29, 0.717) is 5.16 Å². The average Bonchev–Trinajstić information content (AvgIpc) is 2.63. The second-order valence-corrected chi connectivity index (χ2v) is 3.64. The van der Waals surface area contributed by atoms with Gasteiger partial charge in [-0.25, -0.2) is 9.89 Å². The lowest BCUT2D eigenvalue weighted by Gasteiger charge is -2.00. The molecule has 0 atom stereocenters. The Morgan fingerprint density at radius 1 is 1.80 bits per heavy atom. The Morgan fingerprint density at radius 3 is 3.27 bits per heavy atom. The fourth-order valence-corrected chi connectivity index (χ4v) is 1.29. The lowest BCUT2D eigenvalue weighted by Crippen LogP contribution is -2.14. The minimum Gasteiger partial charge on any atom is -0.445 e. The minimum atomic E-state index is -0.584. The summed E-state index contributed by atoms with van der Waals surface area (Å²) in [5, 5.41) is 9.45. The van der Waals surface area contributed by atoms with E-state index in [1.807, 2.05) is 6.92 Å². The van der Waals surface area contributed by atoms with Crippen molar-refractivity contribution < 1.29 is 9.53 Å². The van der Waals surface area contributed by atoms with Crippen LogP contribution in [0.1, 0.15) is 6.92 Å². The van der Waals surface area contributed by atoms with Gasteiger partial charge in [0.1, 0.15) is 6.61 Å². The van der Waals surface area contributed by atoms with Gasteiger partial charge in [0.15, 0.2) is 0 Å². The van der Waals surface area contributed by atoms with E-state index in [4.69, 9.17) is 4.74 Å². The molecule has 0 saturated heterocycles. The summed E-state index contributed by atoms with van der Waals surface area (Å²) in [5.74, 6) is 1.15. The van der Waals surface area contributed by atoms with Crippen LogP contribution in [-0.4, -0.2) is 33.6 Å². The number of thioether (sulfide) groups is 1. The Morgan fingerprint density at radius 2 is 2.60 bits per heavy atom. The van der Waals surface area contributed by atoms with Crippen LogP contribution < -0.4 is 5.32 Å². The highest BCUT2D eigenvalue weighted by Gasteiger charge is 2.06. The van der Waals surface area contributed by atoms with Crippen LogP contribution in [0.3, 0.4) is 0 Å². The Balaban J connectivity index is 2.42. The van der Waals surface area contributed by atoms with Gasteiger partial charge in [0.2, 0.25) is 11.1 Å². The van der Waals surface area contributed by atoms with E-state index in [1.165, 1.54) is 17.8 Å². The highest BCUT2D eigenvalue weighted by Crippen LogP contribution is 2.12. The number of anilines is 1. The van der Waals surface area contributed by atoms with Crippen molar-refractivity contribution in [3.05, 3.63) is 12.7 Å². The van der Waals surface area contributed by atoms with Crippen LogP contribution in [0.2, 0.25) is 0 Å². The number of ether oxygens (including phenoxy) is 1. The van der Waals surface area contributed by atoms with E-state index in [1.54, 1.807) is 0 Å². The van der Waals surface area contributed by atoms with Crippen LogP contribution in [0.15, 0.2) is 17.8 Å². The summed E-state index contributed by atoms with van der Waals surface area (Å²) in [6.07, 6.45) is 0.900. The number of aromatic amines is 1. The largest absolute Gasteiger partial charge is 0.445 e. The highest BCUT2D eigenvalue weighted by molar-refractivity contribution is 7.99. The maximum absolute atomic E-state index is 11.1. The van der Waals surface area contributed by atoms with E-state index in [0.717, 1.165) is 5.75 Å². The summed E-state index contributed by atoms with van der Waals surface area (Å²) in [6.45, 7) is 5.58. The SMILES string of the molecule is C=CCOC(=O)Nc1nc(SCC)n[nH]1. The molecule has 1 aromatic heterocycles. The van der Waals surface area contributed by atoms with Crippen molar-refractivity contribution in [2.45, 2.75) is 12.1 Å². The van der Waals surface area contributed by atoms with Crippen LogP contribution in [0.5, 0.6) is 0 Å². The fraction of sp³-hybridized carbons (Fsp3) is 0.375. The molecule has 0 saturated carbocycles. The van der Waals surface area contributed by atoms with Gasteiger partial charge in [-0.05, 0) is 5.75 Å². The fourth-order valence-electron chi connectivity index (χ4n) is 0.763. The van der Waals surface area contributed by atoms with Gasteiger partial charge in [-0.15, -0.1) is 5.10 Å². The average molecular weight is 228 g/mol. The van der Waals surface area contributed by atoms with Crippen molar-refractivity contribution >= 4 is 23.8 Å². The maximum atomic E-state index is 11.1. The predicted molar refractivity (Wildman–Crippen MR) is 57.9 cm³/mol. The molecule has 0 radical (unpaired) electrons. The number of nitrogens with one attached hydrogen (secondary N) is 2. The number of rotatable bonds is 5. The molecule has 2 N–H and O–H groups in total. The molecular weight excluding hydrogens is 216 g/mol. The quantitative estimate of drug-likeness (QED) is 0.591. The number of hydrogen-bond donors (Lipinski definition) is 2. The summed E-state index contributed by atoms with van der Waals surface area (Å²) in [5.41, 5.74) is 0. The lowest BCUT2D eigenvalue weighted by atomic mass is 10.7. The summed E-state index contributed by atoms with van der Waals surface area (Å²) < 4.78 is 4.70. The first kappa shape index (κ1) is 11.6. The smallest absolute Gasteiger partial charge is 0.414 e. The van der Waals surface area contributed by atoms with Crippen molar-refractivity contribution in [1.29, 1.82) is 0 Å². The molecule has 15 heavy (non-hydrogen) atoms. The van der Waals surface area contributed by atoms with E-state index in [-0.39, 0.29) is 12.6 Å². The lowest BCUT2D eigenvalue weighted by molar-refractivity contribution is 0.174. The molecule has 0 aliphatic rings. The normalized spacial score (nSPS) is 9.67. The third kappa shape index (κ3) is 4.03. The van der Waals surface area contributed by atoms with Gasteiger partial charge >= 0.3 is 6.09 Å². The van der Waals surface area contributed by atoms with Crippen LogP contribution >= 0.6 is 11.8 Å². The summed E-state index contributed by atoms with van der Waals surface area (Å²) in [6, 6.07) is 0. The number of carbonyl (C=O) groups is 1. The molecule has 1 rings (SSSR count). The second kappa shape index (κ2) is 6.07. The molecule has 0 aliphatic heterocycles. The number of aromatic nitrogens is 3. The zero-order valence-corrected chi connectivity index (χ0v) is 9.13. The zero-order chi connectivity index (χ0) is 11.1. The zero-order valence-electron chi connectivity index (χ0n) is 8.32. The van der Waals surface area contributed by atoms with Crippen molar-refractivity contribution in [3.63, 3.8) is 0 Å². The Hall–Kier alpha value is -1.50. The molecule has 0 fully saturated rings. The first-order valence-corrected chi connectivity index (χ1v) is 5.34. The molecule has 0 aromatic carbocycles. The van der Waals surface area contributed by atoms with Crippen LogP contribution in [0.25, 0.3) is 0 Å². The van der Waals surface area contributed by atoms with Crippen LogP contribution in [0.4, 0.5) is 10.7 Å². The number of nitrogens with zero attached hydrogens (tertiary/aromatic N) is 2. The van der Waals surface area contributed by atoms with E-state index in [2.05, 4.69) is 27.1 Å². The van der Waals surface area contributed by atoms with Gasteiger partial charge in [0.05, 0.1) is 0 Å². The van der Waals surface area contributed by atoms with E-state index in [9.17, 15) is 4.79 Å². The number of hydrogen-bond acceptors (Lipinski definition) is 5. The molecule has 0 bridgehead atoms. The monoisotopic (exact) mass is 228 g/mol. The van der Waals surface area contributed by atoms with Gasteiger partial charge in [-0.1, -0.05) is 31.3 Å². The third-order valence-electron chi connectivity index (χ3n) is 1.29. The molecule has 7 heteroatoms. The van der Waals surface area contributed by atoms with Crippen molar-refractivity contribution in [2.75, 3.05) is 17.7 Å². The van der Waals surface area contributed by atoms with E-state index >= 15 is 0 Å². The topological polar surface area (TPSA) is 79.9 Å². The highest BCUT2D eigenvalue weighted by atomic mass is 32.2. The molecule has 1 heterocycles. The number of carbonyl (C=O) groups excluding carboxylic acids is 1. The maximum Gasteiger partial charge on any atom is 0.414 e. The first-order chi connectivity index (χ1) is 7.26. The Labute approximate surface area is 91.5 Å². The Kier molecular flexibility index (Phi) is 4.69. The van der Waals surface area contributed by atoms with Gasteiger partial charge < -0.3 is 4.74 Å². The molecule has 1 amide bonds. The van der Waals surface area contributed by atoms with E-state index < -0.39 is 6.09 Å². The summed E-state index contributed by atoms with van der Waals surface area (Å²) >= 11 is 1.48.